The summed E-state index contributed by atoms with van der Waals surface area (Å²) in [7, 11) is 0. The van der Waals surface area contributed by atoms with E-state index in [-0.39, 0.29) is 6.04 Å². The van der Waals surface area contributed by atoms with Gasteiger partial charge in [-0.15, -0.1) is 0 Å². The Kier molecular flexibility index (Phi) is 4.86. The van der Waals surface area contributed by atoms with Gasteiger partial charge in [0, 0.05) is 23.9 Å². The highest BCUT2D eigenvalue weighted by Crippen LogP contribution is 2.26. The van der Waals surface area contributed by atoms with Gasteiger partial charge in [0.05, 0.1) is 11.7 Å². The van der Waals surface area contributed by atoms with Crippen molar-refractivity contribution in [2.45, 2.75) is 45.6 Å². The lowest BCUT2D eigenvalue weighted by Crippen LogP contribution is -2.27. The van der Waals surface area contributed by atoms with Gasteiger partial charge in [0.2, 0.25) is 0 Å². The molecule has 0 amide bonds. The first-order valence-corrected chi connectivity index (χ1v) is 8.38. The van der Waals surface area contributed by atoms with E-state index in [2.05, 4.69) is 51.6 Å². The summed E-state index contributed by atoms with van der Waals surface area (Å²) in [6.45, 7) is 8.32. The Labute approximate surface area is 138 Å². The predicted octanol–water partition coefficient (Wildman–Crippen LogP) is 3.13. The maximum Gasteiger partial charge on any atom is 0.130 e. The standard InChI is InChI=1S/C18H25N5/c1-12-5-4-8-20-18(12)13(2)21-17-11-16(22-14(3)23-17)15-6-9-19-10-7-15/h4-5,8,11,13,15,19H,6-7,9-10H2,1-3H3,(H,21,22,23)/t13-/m1/s1. The van der Waals surface area contributed by atoms with E-state index in [0.717, 1.165) is 49.0 Å². The third-order valence-corrected chi connectivity index (χ3v) is 4.44. The zero-order valence-corrected chi connectivity index (χ0v) is 14.1. The van der Waals surface area contributed by atoms with Gasteiger partial charge < -0.3 is 10.6 Å². The van der Waals surface area contributed by atoms with Crippen LogP contribution in [0, 0.1) is 13.8 Å². The number of aryl methyl sites for hydroxylation is 2. The Morgan fingerprint density at radius 2 is 2.00 bits per heavy atom. The maximum atomic E-state index is 4.66. The second kappa shape index (κ2) is 7.04. The monoisotopic (exact) mass is 311 g/mol. The number of anilines is 1. The molecule has 122 valence electrons. The molecular formula is C18H25N5. The van der Waals surface area contributed by atoms with Crippen LogP contribution in [-0.4, -0.2) is 28.0 Å². The van der Waals surface area contributed by atoms with Gasteiger partial charge in [0.1, 0.15) is 11.6 Å². The van der Waals surface area contributed by atoms with E-state index in [9.17, 15) is 0 Å². The predicted molar refractivity (Wildman–Crippen MR) is 92.6 cm³/mol. The number of pyridine rings is 1. The highest BCUT2D eigenvalue weighted by atomic mass is 15.1. The molecule has 1 aliphatic rings. The normalized spacial score (nSPS) is 17.0. The second-order valence-corrected chi connectivity index (χ2v) is 6.32. The van der Waals surface area contributed by atoms with E-state index in [1.165, 1.54) is 5.56 Å². The van der Waals surface area contributed by atoms with Crippen LogP contribution in [0.1, 0.15) is 54.5 Å². The molecule has 0 aromatic carbocycles. The van der Waals surface area contributed by atoms with Gasteiger partial charge >= 0.3 is 0 Å². The highest BCUT2D eigenvalue weighted by molar-refractivity contribution is 5.40. The Hall–Kier alpha value is -2.01. The van der Waals surface area contributed by atoms with Crippen molar-refractivity contribution < 1.29 is 0 Å². The molecule has 5 heteroatoms. The number of rotatable bonds is 4. The summed E-state index contributed by atoms with van der Waals surface area (Å²) in [5.41, 5.74) is 3.41. The molecule has 3 rings (SSSR count). The number of piperidine rings is 1. The van der Waals surface area contributed by atoms with Crippen molar-refractivity contribution in [1.29, 1.82) is 0 Å². The minimum atomic E-state index is 0.117. The molecular weight excluding hydrogens is 286 g/mol. The van der Waals surface area contributed by atoms with Crippen LogP contribution in [0.2, 0.25) is 0 Å². The minimum absolute atomic E-state index is 0.117. The lowest BCUT2D eigenvalue weighted by molar-refractivity contribution is 0.452. The third kappa shape index (κ3) is 3.85. The van der Waals surface area contributed by atoms with Gasteiger partial charge in [-0.1, -0.05) is 6.07 Å². The molecule has 0 spiro atoms. The second-order valence-electron chi connectivity index (χ2n) is 6.32. The average molecular weight is 311 g/mol. The van der Waals surface area contributed by atoms with Gasteiger partial charge in [-0.25, -0.2) is 9.97 Å². The SMILES string of the molecule is Cc1nc(N[C@H](C)c2ncccc2C)cc(C2CCNCC2)n1. The van der Waals surface area contributed by atoms with Crippen LogP contribution in [0.15, 0.2) is 24.4 Å². The van der Waals surface area contributed by atoms with Crippen molar-refractivity contribution in [2.75, 3.05) is 18.4 Å². The molecule has 23 heavy (non-hydrogen) atoms. The van der Waals surface area contributed by atoms with Gasteiger partial charge in [0.25, 0.3) is 0 Å². The van der Waals surface area contributed by atoms with Gasteiger partial charge in [-0.05, 0) is 58.3 Å². The number of aromatic nitrogens is 3. The molecule has 2 aromatic heterocycles. The zero-order valence-electron chi connectivity index (χ0n) is 14.1. The van der Waals surface area contributed by atoms with Crippen LogP contribution in [-0.2, 0) is 0 Å². The molecule has 0 aliphatic carbocycles. The van der Waals surface area contributed by atoms with Crippen molar-refractivity contribution in [3.8, 4) is 0 Å². The molecule has 0 unspecified atom stereocenters. The molecule has 1 atom stereocenters. The first-order chi connectivity index (χ1) is 11.1. The number of nitrogens with zero attached hydrogens (tertiary/aromatic N) is 3. The average Bonchev–Trinajstić information content (AvgIpc) is 2.55. The number of hydrogen-bond acceptors (Lipinski definition) is 5. The summed E-state index contributed by atoms with van der Waals surface area (Å²) < 4.78 is 0. The molecule has 1 saturated heterocycles. The highest BCUT2D eigenvalue weighted by Gasteiger charge is 2.18. The number of hydrogen-bond donors (Lipinski definition) is 2. The van der Waals surface area contributed by atoms with Crippen LogP contribution in [0.25, 0.3) is 0 Å². The van der Waals surface area contributed by atoms with E-state index in [0.29, 0.717) is 5.92 Å². The zero-order chi connectivity index (χ0) is 16.2. The lowest BCUT2D eigenvalue weighted by atomic mass is 9.94. The minimum Gasteiger partial charge on any atom is -0.362 e. The van der Waals surface area contributed by atoms with Crippen LogP contribution >= 0.6 is 0 Å². The molecule has 2 aromatic rings. The Bertz CT molecular complexity index is 664. The Morgan fingerprint density at radius 3 is 2.74 bits per heavy atom. The van der Waals surface area contributed by atoms with Gasteiger partial charge in [0.15, 0.2) is 0 Å². The third-order valence-electron chi connectivity index (χ3n) is 4.44. The summed E-state index contributed by atoms with van der Waals surface area (Å²) in [6, 6.07) is 6.28. The maximum absolute atomic E-state index is 4.66. The fraction of sp³-hybridized carbons (Fsp3) is 0.500. The summed E-state index contributed by atoms with van der Waals surface area (Å²) in [5.74, 6) is 2.25. The molecule has 0 saturated carbocycles. The van der Waals surface area contributed by atoms with Crippen LogP contribution in [0.3, 0.4) is 0 Å². The quantitative estimate of drug-likeness (QED) is 0.908. The van der Waals surface area contributed by atoms with E-state index in [4.69, 9.17) is 0 Å². The topological polar surface area (TPSA) is 62.7 Å². The largest absolute Gasteiger partial charge is 0.362 e. The summed E-state index contributed by atoms with van der Waals surface area (Å²) in [4.78, 5) is 13.7. The molecule has 5 nitrogen and oxygen atoms in total. The first kappa shape index (κ1) is 15.9. The van der Waals surface area contributed by atoms with Crippen molar-refractivity contribution in [1.82, 2.24) is 20.3 Å². The molecule has 1 fully saturated rings. The summed E-state index contributed by atoms with van der Waals surface area (Å²) >= 11 is 0. The van der Waals surface area contributed by atoms with E-state index < -0.39 is 0 Å². The van der Waals surface area contributed by atoms with Crippen LogP contribution < -0.4 is 10.6 Å². The molecule has 0 bridgehead atoms. The van der Waals surface area contributed by atoms with Crippen molar-refractivity contribution in [3.63, 3.8) is 0 Å². The van der Waals surface area contributed by atoms with Crippen molar-refractivity contribution in [2.24, 2.45) is 0 Å². The molecule has 3 heterocycles. The van der Waals surface area contributed by atoms with Crippen LogP contribution in [0.5, 0.6) is 0 Å². The van der Waals surface area contributed by atoms with E-state index in [1.807, 2.05) is 19.2 Å². The fourth-order valence-electron chi connectivity index (χ4n) is 3.23. The first-order valence-electron chi connectivity index (χ1n) is 8.38. The molecule has 2 N–H and O–H groups in total. The molecule has 0 radical (unpaired) electrons. The number of nitrogens with one attached hydrogen (secondary N) is 2. The van der Waals surface area contributed by atoms with Crippen LogP contribution in [0.4, 0.5) is 5.82 Å². The smallest absolute Gasteiger partial charge is 0.130 e. The fourth-order valence-corrected chi connectivity index (χ4v) is 3.23. The van der Waals surface area contributed by atoms with E-state index >= 15 is 0 Å². The summed E-state index contributed by atoms with van der Waals surface area (Å²) in [5, 5.41) is 6.90. The van der Waals surface area contributed by atoms with Crippen molar-refractivity contribution >= 4 is 5.82 Å². The lowest BCUT2D eigenvalue weighted by Gasteiger charge is -2.23. The van der Waals surface area contributed by atoms with Gasteiger partial charge in [-0.3, -0.25) is 4.98 Å². The summed E-state index contributed by atoms with van der Waals surface area (Å²) in [6.07, 6.45) is 4.13. The van der Waals surface area contributed by atoms with Gasteiger partial charge in [-0.2, -0.15) is 0 Å². The van der Waals surface area contributed by atoms with Crippen molar-refractivity contribution in [3.05, 3.63) is 47.2 Å². The molecule has 1 aliphatic heterocycles. The van der Waals surface area contributed by atoms with E-state index in [1.54, 1.807) is 0 Å². The Balaban J connectivity index is 1.80. The Morgan fingerprint density at radius 1 is 1.22 bits per heavy atom.